The molecule has 0 aromatic heterocycles. The molecule has 0 heterocycles. The summed E-state index contributed by atoms with van der Waals surface area (Å²) in [7, 11) is 0. The number of rotatable bonds is 8. The smallest absolute Gasteiger partial charge is 0.326 e. The summed E-state index contributed by atoms with van der Waals surface area (Å²) in [6.07, 6.45) is 5.13. The third-order valence-corrected chi connectivity index (χ3v) is 4.69. The first-order valence-electron chi connectivity index (χ1n) is 8.97. The zero-order chi connectivity index (χ0) is 19.7. The molecule has 2 amide bonds. The Bertz CT molecular complexity index is 564. The fraction of sp³-hybridized carbons (Fsp3) is 0.778. The number of carboxylic acid groups (broad SMARTS) is 1. The number of amides is 2. The molecule has 1 saturated carbocycles. The molecule has 3 unspecified atom stereocenters. The fourth-order valence-corrected chi connectivity index (χ4v) is 3.06. The van der Waals surface area contributed by atoms with E-state index in [0.717, 1.165) is 25.7 Å². The maximum absolute atomic E-state index is 12.0. The van der Waals surface area contributed by atoms with Gasteiger partial charge in [0.15, 0.2) is 0 Å². The van der Waals surface area contributed by atoms with Crippen molar-refractivity contribution in [3.8, 4) is 0 Å². The molecular weight excluding hydrogens is 338 g/mol. The Morgan fingerprint density at radius 3 is 2.46 bits per heavy atom. The van der Waals surface area contributed by atoms with Gasteiger partial charge in [-0.2, -0.15) is 0 Å². The topological polar surface area (TPSA) is 125 Å². The first kappa shape index (κ1) is 21.8. The maximum Gasteiger partial charge on any atom is 0.326 e. The lowest BCUT2D eigenvalue weighted by molar-refractivity contribution is -0.142. The number of isocyanates is 1. The molecule has 0 bridgehead atoms. The molecule has 1 rings (SSSR count). The van der Waals surface area contributed by atoms with Gasteiger partial charge in [-0.1, -0.05) is 27.2 Å². The number of aliphatic imine (C=N–C) groups is 1. The highest BCUT2D eigenvalue weighted by Gasteiger charge is 2.29. The minimum Gasteiger partial charge on any atom is -0.480 e. The molecule has 146 valence electrons. The zero-order valence-electron chi connectivity index (χ0n) is 15.7. The van der Waals surface area contributed by atoms with Gasteiger partial charge in [0.1, 0.15) is 11.8 Å². The monoisotopic (exact) mass is 367 g/mol. The summed E-state index contributed by atoms with van der Waals surface area (Å²) in [6.45, 7) is 6.02. The number of ketones is 1. The highest BCUT2D eigenvalue weighted by molar-refractivity contribution is 5.91. The van der Waals surface area contributed by atoms with Gasteiger partial charge in [-0.05, 0) is 31.1 Å². The van der Waals surface area contributed by atoms with Crippen molar-refractivity contribution in [3.63, 3.8) is 0 Å². The van der Waals surface area contributed by atoms with Crippen LogP contribution in [0.25, 0.3) is 0 Å². The standard InChI is InChI=1S/C18H29N3O5/c1-18(2,3)15(23)8-14(16(24)25)21-17(26)20-10-13-6-4-5-12(7-13)9-19-11-22/h12-14H,4-10H2,1-3H3,(H,24,25)(H2,20,21,26). The van der Waals surface area contributed by atoms with Crippen LogP contribution in [0.5, 0.6) is 0 Å². The van der Waals surface area contributed by atoms with Crippen molar-refractivity contribution in [2.45, 2.75) is 58.9 Å². The van der Waals surface area contributed by atoms with E-state index in [0.29, 0.717) is 19.0 Å². The van der Waals surface area contributed by atoms with E-state index in [1.165, 1.54) is 0 Å². The van der Waals surface area contributed by atoms with Gasteiger partial charge in [0.25, 0.3) is 0 Å². The molecule has 0 spiro atoms. The van der Waals surface area contributed by atoms with Crippen LogP contribution < -0.4 is 10.6 Å². The van der Waals surface area contributed by atoms with Gasteiger partial charge >= 0.3 is 12.0 Å². The average Bonchev–Trinajstić information content (AvgIpc) is 2.57. The predicted octanol–water partition coefficient (Wildman–Crippen LogP) is 1.89. The first-order chi connectivity index (χ1) is 12.1. The molecular formula is C18H29N3O5. The van der Waals surface area contributed by atoms with E-state index >= 15 is 0 Å². The molecule has 0 radical (unpaired) electrons. The van der Waals surface area contributed by atoms with Crippen LogP contribution in [0.3, 0.4) is 0 Å². The molecule has 0 saturated heterocycles. The number of Topliss-reactive ketones (excluding diaryl/α,β-unsaturated/α-hetero) is 1. The van der Waals surface area contributed by atoms with Crippen molar-refractivity contribution in [2.24, 2.45) is 22.2 Å². The van der Waals surface area contributed by atoms with Crippen molar-refractivity contribution in [3.05, 3.63) is 0 Å². The summed E-state index contributed by atoms with van der Waals surface area (Å²) in [5, 5.41) is 14.3. The van der Waals surface area contributed by atoms with Crippen LogP contribution in [0.2, 0.25) is 0 Å². The van der Waals surface area contributed by atoms with E-state index in [4.69, 9.17) is 0 Å². The predicted molar refractivity (Wildman–Crippen MR) is 95.5 cm³/mol. The van der Waals surface area contributed by atoms with Gasteiger partial charge in [0.2, 0.25) is 6.08 Å². The van der Waals surface area contributed by atoms with E-state index in [1.807, 2.05) is 0 Å². The van der Waals surface area contributed by atoms with Crippen LogP contribution >= 0.6 is 0 Å². The van der Waals surface area contributed by atoms with Gasteiger partial charge in [-0.15, -0.1) is 0 Å². The van der Waals surface area contributed by atoms with Crippen molar-refractivity contribution >= 4 is 23.9 Å². The summed E-state index contributed by atoms with van der Waals surface area (Å²) in [4.78, 5) is 49.2. The molecule has 0 aromatic rings. The van der Waals surface area contributed by atoms with E-state index in [-0.39, 0.29) is 18.1 Å². The number of urea groups is 1. The van der Waals surface area contributed by atoms with E-state index in [1.54, 1.807) is 26.9 Å². The van der Waals surface area contributed by atoms with Crippen LogP contribution in [0.4, 0.5) is 4.79 Å². The number of carbonyl (C=O) groups excluding carboxylic acids is 3. The third-order valence-electron chi connectivity index (χ3n) is 4.69. The SMILES string of the molecule is CC(C)(C)C(=O)CC(NC(=O)NCC1CCCC(CN=C=O)C1)C(=O)O. The second-order valence-corrected chi connectivity index (χ2v) is 7.95. The lowest BCUT2D eigenvalue weighted by Gasteiger charge is -2.28. The summed E-state index contributed by atoms with van der Waals surface area (Å²) >= 11 is 0. The van der Waals surface area contributed by atoms with E-state index < -0.39 is 23.5 Å². The van der Waals surface area contributed by atoms with Crippen molar-refractivity contribution in [1.29, 1.82) is 0 Å². The van der Waals surface area contributed by atoms with Crippen LogP contribution in [-0.2, 0) is 14.4 Å². The number of aliphatic carboxylic acids is 1. The fourth-order valence-electron chi connectivity index (χ4n) is 3.06. The summed E-state index contributed by atoms with van der Waals surface area (Å²) in [5.74, 6) is -0.879. The van der Waals surface area contributed by atoms with Gasteiger partial charge in [-0.25, -0.2) is 19.4 Å². The van der Waals surface area contributed by atoms with E-state index in [2.05, 4.69) is 15.6 Å². The Kier molecular flexibility index (Phi) is 8.45. The summed E-state index contributed by atoms with van der Waals surface area (Å²) < 4.78 is 0. The second kappa shape index (κ2) is 10.1. The van der Waals surface area contributed by atoms with Crippen LogP contribution in [-0.4, -0.2) is 48.1 Å². The Morgan fingerprint density at radius 2 is 1.88 bits per heavy atom. The largest absolute Gasteiger partial charge is 0.480 e. The Labute approximate surface area is 153 Å². The van der Waals surface area contributed by atoms with Crippen molar-refractivity contribution in [1.82, 2.24) is 10.6 Å². The van der Waals surface area contributed by atoms with Crippen molar-refractivity contribution in [2.75, 3.05) is 13.1 Å². The maximum atomic E-state index is 12.0. The van der Waals surface area contributed by atoms with Gasteiger partial charge in [0, 0.05) is 18.4 Å². The second-order valence-electron chi connectivity index (χ2n) is 7.95. The summed E-state index contributed by atoms with van der Waals surface area (Å²) in [6, 6.07) is -1.84. The molecule has 8 nitrogen and oxygen atoms in total. The normalized spacial score (nSPS) is 21.2. The molecule has 26 heavy (non-hydrogen) atoms. The highest BCUT2D eigenvalue weighted by atomic mass is 16.4. The van der Waals surface area contributed by atoms with Gasteiger partial charge < -0.3 is 15.7 Å². The van der Waals surface area contributed by atoms with Crippen LogP contribution in [0.1, 0.15) is 52.9 Å². The quantitative estimate of drug-likeness (QED) is 0.446. The first-order valence-corrected chi connectivity index (χ1v) is 8.97. The number of carboxylic acids is 1. The van der Waals surface area contributed by atoms with Gasteiger partial charge in [-0.3, -0.25) is 4.79 Å². The zero-order valence-corrected chi connectivity index (χ0v) is 15.7. The molecule has 3 N–H and O–H groups in total. The molecule has 8 heteroatoms. The summed E-state index contributed by atoms with van der Waals surface area (Å²) in [5.41, 5.74) is -0.660. The molecule has 1 aliphatic rings. The number of carbonyl (C=O) groups is 3. The van der Waals surface area contributed by atoms with E-state index in [9.17, 15) is 24.3 Å². The molecule has 0 aromatic carbocycles. The Balaban J connectivity index is 2.46. The molecule has 1 fully saturated rings. The lowest BCUT2D eigenvalue weighted by atomic mass is 9.81. The number of hydrogen-bond donors (Lipinski definition) is 3. The molecule has 1 aliphatic carbocycles. The van der Waals surface area contributed by atoms with Crippen LogP contribution in [0.15, 0.2) is 4.99 Å². The highest BCUT2D eigenvalue weighted by Crippen LogP contribution is 2.28. The molecule has 3 atom stereocenters. The van der Waals surface area contributed by atoms with Crippen LogP contribution in [0, 0.1) is 17.3 Å². The average molecular weight is 367 g/mol. The number of nitrogens with one attached hydrogen (secondary N) is 2. The molecule has 0 aliphatic heterocycles. The minimum absolute atomic E-state index is 0.226. The minimum atomic E-state index is -1.25. The number of nitrogens with zero attached hydrogens (tertiary/aromatic N) is 1. The lowest BCUT2D eigenvalue weighted by Crippen LogP contribution is -2.48. The number of hydrogen-bond acceptors (Lipinski definition) is 5. The Hall–Kier alpha value is -2.21. The Morgan fingerprint density at radius 1 is 1.23 bits per heavy atom. The third kappa shape index (κ3) is 7.78. The van der Waals surface area contributed by atoms with Gasteiger partial charge in [0.05, 0.1) is 6.54 Å². The van der Waals surface area contributed by atoms with Crippen molar-refractivity contribution < 1.29 is 24.3 Å².